The van der Waals surface area contributed by atoms with Crippen molar-refractivity contribution in [1.29, 1.82) is 5.26 Å². The number of phenolic OH excluding ortho intramolecular Hbond substituents is 2. The van der Waals surface area contributed by atoms with Crippen molar-refractivity contribution in [2.45, 2.75) is 12.5 Å². The van der Waals surface area contributed by atoms with E-state index >= 15 is 0 Å². The smallest absolute Gasteiger partial charge is 0.265 e. The second-order valence-electron chi connectivity index (χ2n) is 8.02. The molecular weight excluding hydrogens is 473 g/mol. The van der Waals surface area contributed by atoms with Crippen molar-refractivity contribution in [1.82, 2.24) is 0 Å². The summed E-state index contributed by atoms with van der Waals surface area (Å²) in [5, 5.41) is 29.7. The van der Waals surface area contributed by atoms with E-state index in [-0.39, 0.29) is 34.2 Å². The normalized spacial score (nSPS) is 18.4. The molecule has 8 nitrogen and oxygen atoms in total. The summed E-state index contributed by atoms with van der Waals surface area (Å²) in [4.78, 5) is -0.228. The third kappa shape index (κ3) is 3.53. The van der Waals surface area contributed by atoms with Crippen LogP contribution in [0.5, 0.6) is 11.5 Å². The Kier molecular flexibility index (Phi) is 5.15. The van der Waals surface area contributed by atoms with E-state index in [4.69, 9.17) is 10.5 Å². The molecule has 0 spiro atoms. The second kappa shape index (κ2) is 8.07. The SMILES string of the molecule is N#CC1=C(N)OC2=C([C@@H]1c1ccc(O)c(O)c1)S(=O)(=O)N(Cc1ccc(F)cc1)c1ccccc12. The Balaban J connectivity index is 1.76. The molecule has 0 saturated carbocycles. The zero-order chi connectivity index (χ0) is 24.9. The number of hydrogen-bond acceptors (Lipinski definition) is 7. The lowest BCUT2D eigenvalue weighted by atomic mass is 9.88. The number of nitrogens with two attached hydrogens (primary N) is 1. The number of benzene rings is 3. The number of rotatable bonds is 3. The first-order valence-corrected chi connectivity index (χ1v) is 11.9. The molecule has 0 aliphatic carbocycles. The van der Waals surface area contributed by atoms with Gasteiger partial charge in [0.25, 0.3) is 10.0 Å². The molecule has 0 fully saturated rings. The number of nitriles is 1. The first kappa shape index (κ1) is 22.3. The van der Waals surface area contributed by atoms with Gasteiger partial charge in [0, 0.05) is 5.56 Å². The van der Waals surface area contributed by atoms with Crippen molar-refractivity contribution in [3.05, 3.63) is 106 Å². The summed E-state index contributed by atoms with van der Waals surface area (Å²) >= 11 is 0. The van der Waals surface area contributed by atoms with E-state index < -0.39 is 33.3 Å². The zero-order valence-electron chi connectivity index (χ0n) is 18.0. The molecule has 176 valence electrons. The molecule has 3 aromatic carbocycles. The fourth-order valence-electron chi connectivity index (χ4n) is 4.29. The van der Waals surface area contributed by atoms with E-state index in [9.17, 15) is 28.3 Å². The monoisotopic (exact) mass is 491 g/mol. The molecule has 4 N–H and O–H groups in total. The summed E-state index contributed by atoms with van der Waals surface area (Å²) in [6.45, 7) is -0.106. The molecule has 2 aliphatic rings. The maximum atomic E-state index is 14.1. The van der Waals surface area contributed by atoms with Gasteiger partial charge in [0.15, 0.2) is 17.3 Å². The fourth-order valence-corrected chi connectivity index (χ4v) is 6.20. The average molecular weight is 492 g/mol. The van der Waals surface area contributed by atoms with Crippen LogP contribution >= 0.6 is 0 Å². The van der Waals surface area contributed by atoms with Gasteiger partial charge in [0.1, 0.15) is 22.4 Å². The number of aromatic hydroxyl groups is 2. The molecule has 0 radical (unpaired) electrons. The van der Waals surface area contributed by atoms with E-state index in [1.807, 2.05) is 6.07 Å². The highest BCUT2D eigenvalue weighted by molar-refractivity contribution is 7.96. The Morgan fingerprint density at radius 1 is 1.06 bits per heavy atom. The molecule has 2 heterocycles. The van der Waals surface area contributed by atoms with Gasteiger partial charge >= 0.3 is 0 Å². The van der Waals surface area contributed by atoms with Gasteiger partial charge in [-0.1, -0.05) is 30.3 Å². The number of sulfonamides is 1. The van der Waals surface area contributed by atoms with Crippen LogP contribution < -0.4 is 10.0 Å². The quantitative estimate of drug-likeness (QED) is 0.475. The van der Waals surface area contributed by atoms with E-state index in [0.29, 0.717) is 16.8 Å². The van der Waals surface area contributed by atoms with Gasteiger partial charge in [-0.2, -0.15) is 5.26 Å². The average Bonchev–Trinajstić information content (AvgIpc) is 2.84. The fraction of sp³-hybridized carbons (Fsp3) is 0.0800. The van der Waals surface area contributed by atoms with Crippen LogP contribution in [0.2, 0.25) is 0 Å². The summed E-state index contributed by atoms with van der Waals surface area (Å²) in [5.41, 5.74) is 7.43. The van der Waals surface area contributed by atoms with Gasteiger partial charge in [-0.05, 0) is 47.5 Å². The van der Waals surface area contributed by atoms with Gasteiger partial charge in [0.05, 0.1) is 18.2 Å². The summed E-state index contributed by atoms with van der Waals surface area (Å²) in [5.74, 6) is -2.83. The molecule has 2 aliphatic heterocycles. The topological polar surface area (TPSA) is 137 Å². The number of para-hydroxylation sites is 1. The lowest BCUT2D eigenvalue weighted by Crippen LogP contribution is -2.39. The predicted molar refractivity (Wildman–Crippen MR) is 125 cm³/mol. The Bertz CT molecular complexity index is 1570. The molecule has 0 saturated heterocycles. The standard InChI is InChI=1S/C25H18FN3O5S/c26-16-8-5-14(6-9-16)13-29-19-4-2-1-3-17(19)23-24(35(29,32)33)22(18(12-27)25(28)34-23)15-7-10-20(30)21(31)11-15/h1-11,22,30-31H,13,28H2/t22-/m1/s1. The third-order valence-electron chi connectivity index (χ3n) is 5.93. The van der Waals surface area contributed by atoms with Gasteiger partial charge in [-0.15, -0.1) is 0 Å². The van der Waals surface area contributed by atoms with E-state index in [2.05, 4.69) is 0 Å². The molecular formula is C25H18FN3O5S. The number of halogens is 1. The van der Waals surface area contributed by atoms with Crippen LogP contribution in [0.25, 0.3) is 5.76 Å². The number of fused-ring (bicyclic) bond motifs is 2. The molecule has 0 amide bonds. The summed E-state index contributed by atoms with van der Waals surface area (Å²) in [7, 11) is -4.32. The number of ether oxygens (including phenoxy) is 1. The number of hydrogen-bond donors (Lipinski definition) is 3. The van der Waals surface area contributed by atoms with Crippen molar-refractivity contribution < 1.29 is 27.8 Å². The maximum Gasteiger partial charge on any atom is 0.265 e. The highest BCUT2D eigenvalue weighted by Gasteiger charge is 2.47. The van der Waals surface area contributed by atoms with Crippen LogP contribution in [0.3, 0.4) is 0 Å². The Hall–Kier alpha value is -4.49. The Morgan fingerprint density at radius 3 is 2.46 bits per heavy atom. The number of anilines is 1. The molecule has 1 atom stereocenters. The van der Waals surface area contributed by atoms with E-state index in [0.717, 1.165) is 0 Å². The molecule has 10 heteroatoms. The van der Waals surface area contributed by atoms with Crippen molar-refractivity contribution in [3.63, 3.8) is 0 Å². The first-order chi connectivity index (χ1) is 16.7. The van der Waals surface area contributed by atoms with Gasteiger partial charge in [-0.25, -0.2) is 12.8 Å². The summed E-state index contributed by atoms with van der Waals surface area (Å²) in [6, 6.07) is 17.8. The highest BCUT2D eigenvalue weighted by Crippen LogP contribution is 2.51. The molecule has 3 aromatic rings. The van der Waals surface area contributed by atoms with Crippen molar-refractivity contribution in [2.24, 2.45) is 5.73 Å². The lowest BCUT2D eigenvalue weighted by molar-refractivity contribution is 0.357. The Labute approximate surface area is 200 Å². The molecule has 0 unspecified atom stereocenters. The zero-order valence-corrected chi connectivity index (χ0v) is 18.8. The van der Waals surface area contributed by atoms with Crippen LogP contribution in [0.15, 0.2) is 83.1 Å². The van der Waals surface area contributed by atoms with Crippen LogP contribution in [-0.4, -0.2) is 18.6 Å². The minimum Gasteiger partial charge on any atom is -0.504 e. The molecule has 0 aromatic heterocycles. The Morgan fingerprint density at radius 2 is 1.77 bits per heavy atom. The van der Waals surface area contributed by atoms with E-state index in [1.165, 1.54) is 46.8 Å². The van der Waals surface area contributed by atoms with Gasteiger partial charge in [0.2, 0.25) is 5.88 Å². The van der Waals surface area contributed by atoms with Crippen LogP contribution in [-0.2, 0) is 21.3 Å². The molecule has 0 bridgehead atoms. The lowest BCUT2D eigenvalue weighted by Gasteiger charge is -2.38. The number of phenols is 2. The van der Waals surface area contributed by atoms with Gasteiger partial charge < -0.3 is 20.7 Å². The largest absolute Gasteiger partial charge is 0.504 e. The second-order valence-corrected chi connectivity index (χ2v) is 9.85. The van der Waals surface area contributed by atoms with Crippen molar-refractivity contribution >= 4 is 21.5 Å². The minimum atomic E-state index is -4.32. The molecule has 5 rings (SSSR count). The van der Waals surface area contributed by atoms with Crippen LogP contribution in [0.1, 0.15) is 22.6 Å². The van der Waals surface area contributed by atoms with Gasteiger partial charge in [-0.3, -0.25) is 4.31 Å². The summed E-state index contributed by atoms with van der Waals surface area (Å²) in [6.07, 6.45) is 0. The van der Waals surface area contributed by atoms with Crippen molar-refractivity contribution in [2.75, 3.05) is 4.31 Å². The van der Waals surface area contributed by atoms with E-state index in [1.54, 1.807) is 24.3 Å². The highest BCUT2D eigenvalue weighted by atomic mass is 32.2. The van der Waals surface area contributed by atoms with Crippen molar-refractivity contribution in [3.8, 4) is 17.6 Å². The predicted octanol–water partition coefficient (Wildman–Crippen LogP) is 3.76. The van der Waals surface area contributed by atoms with Crippen LogP contribution in [0, 0.1) is 17.1 Å². The maximum absolute atomic E-state index is 14.1. The third-order valence-corrected chi connectivity index (χ3v) is 7.81. The summed E-state index contributed by atoms with van der Waals surface area (Å²) < 4.78 is 48.6. The minimum absolute atomic E-state index is 0.0231. The van der Waals surface area contributed by atoms with Crippen LogP contribution in [0.4, 0.5) is 10.1 Å². The first-order valence-electron chi connectivity index (χ1n) is 10.4. The number of allylic oxidation sites excluding steroid dienone is 2. The molecule has 35 heavy (non-hydrogen) atoms. The number of nitrogens with zero attached hydrogens (tertiary/aromatic N) is 2.